The van der Waals surface area contributed by atoms with Crippen molar-refractivity contribution in [3.63, 3.8) is 0 Å². The van der Waals surface area contributed by atoms with Gasteiger partial charge in [0.05, 0.1) is 17.9 Å². The highest BCUT2D eigenvalue weighted by Crippen LogP contribution is 2.28. The van der Waals surface area contributed by atoms with Gasteiger partial charge in [0.25, 0.3) is 5.91 Å². The highest BCUT2D eigenvalue weighted by atomic mass is 19.2. The van der Waals surface area contributed by atoms with E-state index in [0.29, 0.717) is 48.7 Å². The number of hydrogen-bond acceptors (Lipinski definition) is 3. The molecule has 178 valence electrons. The van der Waals surface area contributed by atoms with Crippen LogP contribution in [0.5, 0.6) is 0 Å². The summed E-state index contributed by atoms with van der Waals surface area (Å²) >= 11 is 0. The van der Waals surface area contributed by atoms with Crippen LogP contribution >= 0.6 is 0 Å². The van der Waals surface area contributed by atoms with E-state index < -0.39 is 17.3 Å². The molecule has 0 spiro atoms. The molecule has 1 N–H and O–H groups in total. The van der Waals surface area contributed by atoms with Gasteiger partial charge >= 0.3 is 5.69 Å². The van der Waals surface area contributed by atoms with Crippen molar-refractivity contribution in [3.05, 3.63) is 112 Å². The third-order valence-electron chi connectivity index (χ3n) is 6.13. The van der Waals surface area contributed by atoms with Crippen molar-refractivity contribution in [2.24, 2.45) is 0 Å². The van der Waals surface area contributed by atoms with Crippen LogP contribution in [0.3, 0.4) is 0 Å². The van der Waals surface area contributed by atoms with Gasteiger partial charge in [-0.25, -0.2) is 13.6 Å². The zero-order valence-corrected chi connectivity index (χ0v) is 19.0. The van der Waals surface area contributed by atoms with Crippen molar-refractivity contribution in [1.82, 2.24) is 19.4 Å². The molecule has 5 rings (SSSR count). The largest absolute Gasteiger partial charge is 0.335 e. The number of halogens is 2. The standard InChI is InChI=1S/C27H24F2N4O2/c28-22-12-11-19(17-23(22)29)18-32-25(26(34)31-15-13-30-14-16-31)24(20-7-3-1-4-8-20)33(27(32)35)21-9-5-2-6-10-21/h1-12,17,30H,13-16,18H2. The Morgan fingerprint density at radius 2 is 1.51 bits per heavy atom. The summed E-state index contributed by atoms with van der Waals surface area (Å²) in [6, 6.07) is 21.9. The third kappa shape index (κ3) is 4.40. The molecule has 6 nitrogen and oxygen atoms in total. The summed E-state index contributed by atoms with van der Waals surface area (Å²) in [5.74, 6) is -2.25. The number of piperazine rings is 1. The van der Waals surface area contributed by atoms with E-state index in [4.69, 9.17) is 0 Å². The summed E-state index contributed by atoms with van der Waals surface area (Å²) in [4.78, 5) is 29.5. The quantitative estimate of drug-likeness (QED) is 0.480. The molecule has 4 aromatic rings. The molecule has 2 heterocycles. The van der Waals surface area contributed by atoms with E-state index in [2.05, 4.69) is 5.32 Å². The van der Waals surface area contributed by atoms with Gasteiger partial charge in [0, 0.05) is 31.7 Å². The summed E-state index contributed by atoms with van der Waals surface area (Å²) < 4.78 is 30.4. The van der Waals surface area contributed by atoms with E-state index in [1.807, 2.05) is 48.5 Å². The van der Waals surface area contributed by atoms with E-state index in [1.54, 1.807) is 17.0 Å². The summed E-state index contributed by atoms with van der Waals surface area (Å²) in [6.45, 7) is 2.23. The molecule has 0 radical (unpaired) electrons. The van der Waals surface area contributed by atoms with Crippen LogP contribution in [0.1, 0.15) is 16.1 Å². The fourth-order valence-corrected chi connectivity index (χ4v) is 4.43. The Hall–Kier alpha value is -4.04. The Balaban J connectivity index is 1.77. The molecule has 0 bridgehead atoms. The normalized spacial score (nSPS) is 13.7. The molecule has 3 aromatic carbocycles. The summed E-state index contributed by atoms with van der Waals surface area (Å²) in [5.41, 5.74) is 1.94. The number of imidazole rings is 1. The molecule has 35 heavy (non-hydrogen) atoms. The first-order valence-electron chi connectivity index (χ1n) is 11.4. The van der Waals surface area contributed by atoms with Gasteiger partial charge in [-0.15, -0.1) is 0 Å². The maximum absolute atomic E-state index is 14.0. The smallest absolute Gasteiger partial charge is 0.334 e. The predicted octanol–water partition coefficient (Wildman–Crippen LogP) is 3.68. The SMILES string of the molecule is O=C(c1c(-c2ccccc2)n(-c2ccccc2)c(=O)n1Cc1ccc(F)c(F)c1)N1CCNCC1. The molecular formula is C27H24F2N4O2. The zero-order valence-electron chi connectivity index (χ0n) is 19.0. The first-order chi connectivity index (χ1) is 17.0. The van der Waals surface area contributed by atoms with Crippen LogP contribution in [-0.2, 0) is 6.54 Å². The number of carbonyl (C=O) groups excluding carboxylic acids is 1. The van der Waals surface area contributed by atoms with Crippen LogP contribution in [0.15, 0.2) is 83.7 Å². The van der Waals surface area contributed by atoms with Crippen molar-refractivity contribution in [2.75, 3.05) is 26.2 Å². The Morgan fingerprint density at radius 3 is 2.17 bits per heavy atom. The second-order valence-corrected chi connectivity index (χ2v) is 8.39. The maximum Gasteiger partial charge on any atom is 0.334 e. The number of nitrogens with zero attached hydrogens (tertiary/aromatic N) is 3. The Labute approximate surface area is 201 Å². The molecule has 1 fully saturated rings. The highest BCUT2D eigenvalue weighted by molar-refractivity contribution is 5.99. The number of rotatable bonds is 5. The lowest BCUT2D eigenvalue weighted by Crippen LogP contribution is -2.47. The van der Waals surface area contributed by atoms with Crippen LogP contribution in [0.2, 0.25) is 0 Å². The van der Waals surface area contributed by atoms with Gasteiger partial charge in [-0.3, -0.25) is 13.9 Å². The Bertz CT molecular complexity index is 1410. The second kappa shape index (κ2) is 9.68. The van der Waals surface area contributed by atoms with E-state index in [9.17, 15) is 18.4 Å². The monoisotopic (exact) mass is 474 g/mol. The summed E-state index contributed by atoms with van der Waals surface area (Å²) in [6.07, 6.45) is 0. The first-order valence-corrected chi connectivity index (χ1v) is 11.4. The van der Waals surface area contributed by atoms with Crippen molar-refractivity contribution in [3.8, 4) is 16.9 Å². The van der Waals surface area contributed by atoms with Crippen LogP contribution in [-0.4, -0.2) is 46.1 Å². The average Bonchev–Trinajstić information content (AvgIpc) is 3.19. The zero-order chi connectivity index (χ0) is 24.4. The van der Waals surface area contributed by atoms with Gasteiger partial charge in [-0.1, -0.05) is 54.6 Å². The lowest BCUT2D eigenvalue weighted by atomic mass is 10.1. The Morgan fingerprint density at radius 1 is 0.857 bits per heavy atom. The van der Waals surface area contributed by atoms with Gasteiger partial charge in [0.15, 0.2) is 11.6 Å². The number of nitrogens with one attached hydrogen (secondary N) is 1. The van der Waals surface area contributed by atoms with Crippen LogP contribution in [0.4, 0.5) is 8.78 Å². The van der Waals surface area contributed by atoms with E-state index in [1.165, 1.54) is 15.2 Å². The molecule has 1 aromatic heterocycles. The van der Waals surface area contributed by atoms with Crippen molar-refractivity contribution < 1.29 is 13.6 Å². The average molecular weight is 475 g/mol. The van der Waals surface area contributed by atoms with Gasteiger partial charge in [-0.2, -0.15) is 0 Å². The minimum atomic E-state index is -1.00. The number of benzene rings is 3. The summed E-state index contributed by atoms with van der Waals surface area (Å²) in [5, 5.41) is 3.23. The number of aromatic nitrogens is 2. The number of para-hydroxylation sites is 1. The number of amides is 1. The number of carbonyl (C=O) groups is 1. The van der Waals surface area contributed by atoms with E-state index >= 15 is 0 Å². The Kier molecular flexibility index (Phi) is 6.29. The molecule has 1 amide bonds. The topological polar surface area (TPSA) is 59.3 Å². The fourth-order valence-electron chi connectivity index (χ4n) is 4.43. The van der Waals surface area contributed by atoms with E-state index in [0.717, 1.165) is 12.1 Å². The lowest BCUT2D eigenvalue weighted by Gasteiger charge is -2.28. The molecule has 1 aliphatic heterocycles. The highest BCUT2D eigenvalue weighted by Gasteiger charge is 2.30. The molecule has 0 aliphatic carbocycles. The molecule has 0 saturated carbocycles. The van der Waals surface area contributed by atoms with Crippen molar-refractivity contribution >= 4 is 5.91 Å². The molecular weight excluding hydrogens is 450 g/mol. The van der Waals surface area contributed by atoms with Gasteiger partial charge in [0.1, 0.15) is 5.69 Å². The van der Waals surface area contributed by atoms with Crippen molar-refractivity contribution in [2.45, 2.75) is 6.54 Å². The van der Waals surface area contributed by atoms with Gasteiger partial charge in [-0.05, 0) is 29.8 Å². The maximum atomic E-state index is 14.0. The molecule has 0 atom stereocenters. The van der Waals surface area contributed by atoms with Gasteiger partial charge < -0.3 is 10.2 Å². The lowest BCUT2D eigenvalue weighted by molar-refractivity contribution is 0.0726. The number of hydrogen-bond donors (Lipinski definition) is 1. The third-order valence-corrected chi connectivity index (χ3v) is 6.13. The minimum absolute atomic E-state index is 0.0805. The first kappa shape index (κ1) is 22.7. The van der Waals surface area contributed by atoms with Crippen LogP contribution in [0, 0.1) is 11.6 Å². The molecule has 1 aliphatic rings. The molecule has 8 heteroatoms. The second-order valence-electron chi connectivity index (χ2n) is 8.39. The molecule has 1 saturated heterocycles. The van der Waals surface area contributed by atoms with Crippen LogP contribution in [0.25, 0.3) is 16.9 Å². The molecule has 0 unspecified atom stereocenters. The fraction of sp³-hybridized carbons (Fsp3) is 0.185. The van der Waals surface area contributed by atoms with Crippen molar-refractivity contribution in [1.29, 1.82) is 0 Å². The minimum Gasteiger partial charge on any atom is -0.335 e. The predicted molar refractivity (Wildman–Crippen MR) is 130 cm³/mol. The van der Waals surface area contributed by atoms with E-state index in [-0.39, 0.29) is 18.1 Å². The van der Waals surface area contributed by atoms with Crippen LogP contribution < -0.4 is 11.0 Å². The summed E-state index contributed by atoms with van der Waals surface area (Å²) in [7, 11) is 0. The van der Waals surface area contributed by atoms with Gasteiger partial charge in [0.2, 0.25) is 0 Å².